The number of nitrogens with zero attached hydrogens (tertiary/aromatic N) is 2. The van der Waals surface area contributed by atoms with Crippen molar-refractivity contribution in [3.05, 3.63) is 87.4 Å². The van der Waals surface area contributed by atoms with Gasteiger partial charge >= 0.3 is 0 Å². The lowest BCUT2D eigenvalue weighted by atomic mass is 9.92. The second kappa shape index (κ2) is 11.5. The highest BCUT2D eigenvalue weighted by Gasteiger charge is 2.26. The van der Waals surface area contributed by atoms with Crippen molar-refractivity contribution >= 4 is 23.7 Å². The molecular formula is C28H30ClN3O4. The van der Waals surface area contributed by atoms with Gasteiger partial charge in [0.2, 0.25) is 0 Å². The molecule has 0 saturated carbocycles. The first kappa shape index (κ1) is 25.5. The smallest absolute Gasteiger partial charge is 0.272 e. The van der Waals surface area contributed by atoms with Crippen LogP contribution in [0.25, 0.3) is 0 Å². The van der Waals surface area contributed by atoms with Crippen molar-refractivity contribution in [3.8, 4) is 17.2 Å². The van der Waals surface area contributed by atoms with Crippen molar-refractivity contribution in [1.82, 2.24) is 10.3 Å². The molecule has 8 heteroatoms. The molecule has 1 amide bonds. The molecule has 0 fully saturated rings. The van der Waals surface area contributed by atoms with E-state index >= 15 is 0 Å². The second-order valence-corrected chi connectivity index (χ2v) is 8.96. The van der Waals surface area contributed by atoms with Crippen LogP contribution in [-0.4, -0.2) is 44.9 Å². The number of nitrogens with one attached hydrogen (secondary N) is 1. The van der Waals surface area contributed by atoms with Crippen molar-refractivity contribution in [1.29, 1.82) is 0 Å². The minimum absolute atomic E-state index is 0.186. The van der Waals surface area contributed by atoms with Gasteiger partial charge in [-0.2, -0.15) is 5.10 Å². The number of hydrogen-bond donors (Lipinski definition) is 1. The molecule has 3 aromatic carbocycles. The minimum atomic E-state index is -0.363. The van der Waals surface area contributed by atoms with E-state index in [9.17, 15) is 4.79 Å². The Morgan fingerprint density at radius 1 is 1.06 bits per heavy atom. The van der Waals surface area contributed by atoms with E-state index in [1.54, 1.807) is 51.8 Å². The molecule has 4 rings (SSSR count). The molecule has 3 aromatic rings. The molecule has 0 saturated heterocycles. The first-order valence-electron chi connectivity index (χ1n) is 11.7. The summed E-state index contributed by atoms with van der Waals surface area (Å²) in [5, 5.41) is 4.50. The van der Waals surface area contributed by atoms with Gasteiger partial charge in [0.25, 0.3) is 5.91 Å². The Morgan fingerprint density at radius 2 is 1.78 bits per heavy atom. The van der Waals surface area contributed by atoms with Crippen molar-refractivity contribution in [2.24, 2.45) is 5.10 Å². The third-order valence-corrected chi connectivity index (χ3v) is 6.82. The number of methoxy groups -OCH3 is 3. The number of amides is 1. The largest absolute Gasteiger partial charge is 0.496 e. The van der Waals surface area contributed by atoms with E-state index in [0.29, 0.717) is 17.1 Å². The molecule has 1 aliphatic heterocycles. The minimum Gasteiger partial charge on any atom is -0.496 e. The van der Waals surface area contributed by atoms with Gasteiger partial charge in [0, 0.05) is 24.7 Å². The fourth-order valence-electron chi connectivity index (χ4n) is 4.50. The lowest BCUT2D eigenvalue weighted by Gasteiger charge is -2.36. The molecule has 1 atom stereocenters. The average Bonchev–Trinajstić information content (AvgIpc) is 2.90. The highest BCUT2D eigenvalue weighted by molar-refractivity contribution is 6.33. The number of benzene rings is 3. The number of fused-ring (bicyclic) bond motifs is 1. The van der Waals surface area contributed by atoms with Crippen LogP contribution in [0.15, 0.2) is 59.7 Å². The van der Waals surface area contributed by atoms with E-state index in [4.69, 9.17) is 25.8 Å². The Hall–Kier alpha value is -3.55. The third kappa shape index (κ3) is 5.48. The summed E-state index contributed by atoms with van der Waals surface area (Å²) in [5.74, 6) is 1.93. The highest BCUT2D eigenvalue weighted by Crippen LogP contribution is 2.39. The van der Waals surface area contributed by atoms with E-state index in [1.165, 1.54) is 11.1 Å². The second-order valence-electron chi connectivity index (χ2n) is 8.55. The molecule has 1 heterocycles. The number of carbonyl (C=O) groups is 1. The maximum absolute atomic E-state index is 12.4. The van der Waals surface area contributed by atoms with Gasteiger partial charge in [-0.05, 0) is 72.5 Å². The van der Waals surface area contributed by atoms with E-state index in [1.807, 2.05) is 18.2 Å². The monoisotopic (exact) mass is 507 g/mol. The maximum atomic E-state index is 12.4. The third-order valence-electron chi connectivity index (χ3n) is 6.49. The first-order chi connectivity index (χ1) is 17.4. The van der Waals surface area contributed by atoms with Crippen molar-refractivity contribution < 1.29 is 19.0 Å². The number of rotatable bonds is 8. The molecule has 7 nitrogen and oxygen atoms in total. The molecule has 1 aliphatic rings. The fourth-order valence-corrected chi connectivity index (χ4v) is 4.73. The van der Waals surface area contributed by atoms with Gasteiger partial charge in [-0.3, -0.25) is 9.69 Å². The Labute approximate surface area is 216 Å². The lowest BCUT2D eigenvalue weighted by Crippen LogP contribution is -2.33. The number of halogens is 1. The molecule has 36 heavy (non-hydrogen) atoms. The summed E-state index contributed by atoms with van der Waals surface area (Å²) in [6.45, 7) is 3.80. The van der Waals surface area contributed by atoms with Crippen molar-refractivity contribution in [2.45, 2.75) is 25.9 Å². The van der Waals surface area contributed by atoms with E-state index in [0.717, 1.165) is 41.3 Å². The van der Waals surface area contributed by atoms with Gasteiger partial charge in [0.15, 0.2) is 11.5 Å². The number of hydrogen-bond acceptors (Lipinski definition) is 6. The molecule has 0 bridgehead atoms. The van der Waals surface area contributed by atoms with Gasteiger partial charge in [0.1, 0.15) is 5.75 Å². The summed E-state index contributed by atoms with van der Waals surface area (Å²) in [7, 11) is 4.99. The number of ether oxygens (including phenoxy) is 3. The molecule has 0 aromatic heterocycles. The summed E-state index contributed by atoms with van der Waals surface area (Å²) < 4.78 is 16.6. The Kier molecular flexibility index (Phi) is 8.13. The normalized spacial score (nSPS) is 15.4. The molecule has 0 radical (unpaired) electrons. The SMILES string of the molecule is COc1ccc(/C=N\NC(=O)c2ccccc2Cl)cc1CN1CCc2cc(OC)c(OC)cc2[C@H]1C. The zero-order valence-corrected chi connectivity index (χ0v) is 21.6. The Balaban J connectivity index is 1.50. The zero-order chi connectivity index (χ0) is 25.7. The summed E-state index contributed by atoms with van der Waals surface area (Å²) >= 11 is 6.09. The van der Waals surface area contributed by atoms with Crippen LogP contribution in [0.2, 0.25) is 5.02 Å². The van der Waals surface area contributed by atoms with Crippen LogP contribution < -0.4 is 19.6 Å². The predicted octanol–water partition coefficient (Wildman–Crippen LogP) is 5.25. The predicted molar refractivity (Wildman–Crippen MR) is 142 cm³/mol. The van der Waals surface area contributed by atoms with E-state index in [2.05, 4.69) is 34.5 Å². The van der Waals surface area contributed by atoms with Crippen molar-refractivity contribution in [3.63, 3.8) is 0 Å². The molecule has 0 aliphatic carbocycles. The van der Waals surface area contributed by atoms with Crippen LogP contribution in [0.3, 0.4) is 0 Å². The van der Waals surface area contributed by atoms with Crippen LogP contribution in [0.4, 0.5) is 0 Å². The van der Waals surface area contributed by atoms with Crippen molar-refractivity contribution in [2.75, 3.05) is 27.9 Å². The van der Waals surface area contributed by atoms with Crippen LogP contribution >= 0.6 is 11.6 Å². The first-order valence-corrected chi connectivity index (χ1v) is 12.1. The summed E-state index contributed by atoms with van der Waals surface area (Å²) in [6.07, 6.45) is 2.53. The topological polar surface area (TPSA) is 72.4 Å². The Morgan fingerprint density at radius 3 is 2.50 bits per heavy atom. The molecule has 1 N–H and O–H groups in total. The summed E-state index contributed by atoms with van der Waals surface area (Å²) in [4.78, 5) is 14.8. The average molecular weight is 508 g/mol. The summed E-state index contributed by atoms with van der Waals surface area (Å²) in [6, 6.07) is 17.0. The molecule has 188 valence electrons. The zero-order valence-electron chi connectivity index (χ0n) is 20.9. The number of hydrazone groups is 1. The van der Waals surface area contributed by atoms with Gasteiger partial charge in [-0.15, -0.1) is 0 Å². The number of carbonyl (C=O) groups excluding carboxylic acids is 1. The van der Waals surface area contributed by atoms with Crippen LogP contribution in [0.1, 0.15) is 45.6 Å². The fraction of sp³-hybridized carbons (Fsp3) is 0.286. The highest BCUT2D eigenvalue weighted by atomic mass is 35.5. The lowest BCUT2D eigenvalue weighted by molar-refractivity contribution is 0.0955. The maximum Gasteiger partial charge on any atom is 0.272 e. The molecular weight excluding hydrogens is 478 g/mol. The quantitative estimate of drug-likeness (QED) is 0.333. The van der Waals surface area contributed by atoms with Crippen LogP contribution in [-0.2, 0) is 13.0 Å². The standard InChI is InChI=1S/C28H30ClN3O4/c1-18-23-15-27(36-4)26(35-3)14-20(23)11-12-32(18)17-21-13-19(9-10-25(21)34-2)16-30-31-28(33)22-7-5-6-8-24(22)29/h5-10,13-16,18H,11-12,17H2,1-4H3,(H,31,33)/b30-16-/t18-/m1/s1. The van der Waals surface area contributed by atoms with Gasteiger partial charge < -0.3 is 14.2 Å². The van der Waals surface area contributed by atoms with E-state index in [-0.39, 0.29) is 11.9 Å². The van der Waals surface area contributed by atoms with E-state index < -0.39 is 0 Å². The van der Waals surface area contributed by atoms with Crippen LogP contribution in [0.5, 0.6) is 17.2 Å². The molecule has 0 spiro atoms. The van der Waals surface area contributed by atoms with Gasteiger partial charge in [0.05, 0.1) is 38.1 Å². The Bertz CT molecular complexity index is 1280. The van der Waals surface area contributed by atoms with Gasteiger partial charge in [-0.1, -0.05) is 23.7 Å². The summed E-state index contributed by atoms with van der Waals surface area (Å²) in [5.41, 5.74) is 7.31. The van der Waals surface area contributed by atoms with Gasteiger partial charge in [-0.25, -0.2) is 5.43 Å². The molecule has 0 unspecified atom stereocenters. The van der Waals surface area contributed by atoms with Crippen LogP contribution in [0, 0.1) is 0 Å².